The largest absolute Gasteiger partial charge is 0.372 e. The van der Waals surface area contributed by atoms with Crippen molar-refractivity contribution in [2.75, 3.05) is 32.6 Å². The van der Waals surface area contributed by atoms with Crippen LogP contribution in [-0.2, 0) is 4.79 Å². The normalized spacial score (nSPS) is 12.1. The molecule has 3 N–H and O–H groups in total. The third kappa shape index (κ3) is 12.4. The van der Waals surface area contributed by atoms with Gasteiger partial charge in [-0.2, -0.15) is 0 Å². The molecule has 1 atom stereocenters. The minimum Gasteiger partial charge on any atom is -0.372 e. The van der Waals surface area contributed by atoms with E-state index >= 15 is 0 Å². The Morgan fingerprint density at radius 3 is 1.88 bits per heavy atom. The van der Waals surface area contributed by atoms with Crippen molar-refractivity contribution in [1.29, 1.82) is 0 Å². The molecule has 1 saturated carbocycles. The predicted octanol–water partition coefficient (Wildman–Crippen LogP) is 6.23. The third-order valence-electron chi connectivity index (χ3n) is 5.35. The number of rotatable bonds is 9. The lowest BCUT2D eigenvalue weighted by Gasteiger charge is -2.30. The van der Waals surface area contributed by atoms with Gasteiger partial charge in [-0.05, 0) is 81.2 Å². The van der Waals surface area contributed by atoms with E-state index in [0.29, 0.717) is 11.6 Å². The molecule has 0 bridgehead atoms. The minimum atomic E-state index is -0.548. The van der Waals surface area contributed by atoms with E-state index in [9.17, 15) is 8.78 Å². The van der Waals surface area contributed by atoms with Crippen LogP contribution in [0.2, 0.25) is 0 Å². The van der Waals surface area contributed by atoms with Gasteiger partial charge in [-0.1, -0.05) is 25.0 Å². The Labute approximate surface area is 205 Å². The summed E-state index contributed by atoms with van der Waals surface area (Å²) in [6.45, 7) is 15.0. The minimum absolute atomic E-state index is 0.500. The van der Waals surface area contributed by atoms with E-state index < -0.39 is 11.6 Å². The van der Waals surface area contributed by atoms with Crippen LogP contribution < -0.4 is 16.0 Å². The van der Waals surface area contributed by atoms with Gasteiger partial charge in [-0.25, -0.2) is 8.78 Å². The van der Waals surface area contributed by atoms with E-state index in [1.54, 1.807) is 0 Å². The van der Waals surface area contributed by atoms with Crippen molar-refractivity contribution in [2.45, 2.75) is 38.1 Å². The standard InChI is InChI=1S/C22H28F2N2.2C2H4.CH5N.CH2O/c1-25-12-11-22(8-5-16-3-4-16)26(2)21-9-6-17(7-10-21)18-13-19(23)15-20(24)14-18;4*1-2/h6-7,9-10,13-16,22,25H,3-5,8,11-12H2,1-2H3;2*1-2H2;2H2,1H3;1H2. The smallest absolute Gasteiger partial charge is 0.126 e. The van der Waals surface area contributed by atoms with Crippen LogP contribution in [0.5, 0.6) is 0 Å². The molecule has 0 saturated heterocycles. The zero-order chi connectivity index (χ0) is 26.5. The Morgan fingerprint density at radius 2 is 1.44 bits per heavy atom. The molecule has 0 amide bonds. The number of halogens is 2. The summed E-state index contributed by atoms with van der Waals surface area (Å²) in [6, 6.07) is 12.1. The van der Waals surface area contributed by atoms with Crippen LogP contribution in [0.15, 0.2) is 68.8 Å². The molecule has 1 aliphatic rings. The molecule has 0 aliphatic heterocycles. The van der Waals surface area contributed by atoms with Crippen molar-refractivity contribution < 1.29 is 13.6 Å². The maximum absolute atomic E-state index is 13.4. The van der Waals surface area contributed by atoms with Crippen molar-refractivity contribution in [2.24, 2.45) is 11.7 Å². The molecule has 2 aromatic rings. The fourth-order valence-electron chi connectivity index (χ4n) is 3.50. The summed E-state index contributed by atoms with van der Waals surface area (Å²) in [4.78, 5) is 10.3. The van der Waals surface area contributed by atoms with E-state index in [0.717, 1.165) is 36.2 Å². The summed E-state index contributed by atoms with van der Waals surface area (Å²) in [5.74, 6) is -0.160. The van der Waals surface area contributed by atoms with Crippen molar-refractivity contribution in [3.8, 4) is 11.1 Å². The molecular weight excluding hydrogens is 432 g/mol. The number of benzene rings is 2. The Bertz CT molecular complexity index is 742. The molecule has 3 rings (SSSR count). The first-order valence-electron chi connectivity index (χ1n) is 11.4. The quantitative estimate of drug-likeness (QED) is 0.422. The molecule has 1 fully saturated rings. The maximum Gasteiger partial charge on any atom is 0.126 e. The molecule has 0 spiro atoms. The lowest BCUT2D eigenvalue weighted by molar-refractivity contribution is -0.0979. The summed E-state index contributed by atoms with van der Waals surface area (Å²) in [6.07, 6.45) is 6.40. The predicted molar refractivity (Wildman–Crippen MR) is 144 cm³/mol. The van der Waals surface area contributed by atoms with E-state index in [1.165, 1.54) is 44.9 Å². The highest BCUT2D eigenvalue weighted by Crippen LogP contribution is 2.35. The van der Waals surface area contributed by atoms with Gasteiger partial charge in [0.2, 0.25) is 0 Å². The van der Waals surface area contributed by atoms with E-state index in [-0.39, 0.29) is 0 Å². The van der Waals surface area contributed by atoms with Crippen LogP contribution in [0.25, 0.3) is 11.1 Å². The Morgan fingerprint density at radius 1 is 0.941 bits per heavy atom. The summed E-state index contributed by atoms with van der Waals surface area (Å²) >= 11 is 0. The first-order chi connectivity index (χ1) is 16.6. The first kappa shape index (κ1) is 33.3. The van der Waals surface area contributed by atoms with Gasteiger partial charge < -0.3 is 20.7 Å². The topological polar surface area (TPSA) is 58.4 Å². The van der Waals surface area contributed by atoms with Crippen LogP contribution in [0.4, 0.5) is 14.5 Å². The van der Waals surface area contributed by atoms with Gasteiger partial charge in [0.15, 0.2) is 0 Å². The van der Waals surface area contributed by atoms with Gasteiger partial charge in [-0.15, -0.1) is 26.3 Å². The molecule has 34 heavy (non-hydrogen) atoms. The molecule has 2 aromatic carbocycles. The SMILES string of the molecule is C=C.C=C.C=O.CN.CNCCC(CCC1CC1)N(C)c1ccc(-c2cc(F)cc(F)c2)cc1. The van der Waals surface area contributed by atoms with E-state index in [1.807, 2.05) is 38.1 Å². The van der Waals surface area contributed by atoms with Gasteiger partial charge in [-0.3, -0.25) is 0 Å². The Balaban J connectivity index is 0. The molecular formula is C28H43F2N3O. The number of nitrogens with two attached hydrogens (primary N) is 1. The number of hydrogen-bond donors (Lipinski definition) is 2. The average molecular weight is 476 g/mol. The zero-order valence-corrected chi connectivity index (χ0v) is 21.2. The Kier molecular flexibility index (Phi) is 20.4. The van der Waals surface area contributed by atoms with Crippen LogP contribution in [0.1, 0.15) is 32.1 Å². The molecule has 6 heteroatoms. The lowest BCUT2D eigenvalue weighted by atomic mass is 10.0. The molecule has 1 unspecified atom stereocenters. The van der Waals surface area contributed by atoms with Crippen molar-refractivity contribution in [1.82, 2.24) is 5.32 Å². The number of nitrogens with zero attached hydrogens (tertiary/aromatic N) is 1. The van der Waals surface area contributed by atoms with Crippen LogP contribution >= 0.6 is 0 Å². The van der Waals surface area contributed by atoms with E-state index in [4.69, 9.17) is 4.79 Å². The Hall–Kier alpha value is -2.83. The highest BCUT2D eigenvalue weighted by molar-refractivity contribution is 5.66. The number of carbonyl (C=O) groups excluding carboxylic acids is 1. The molecule has 1 aliphatic carbocycles. The molecule has 0 radical (unpaired) electrons. The molecule has 4 nitrogen and oxygen atoms in total. The highest BCUT2D eigenvalue weighted by atomic mass is 19.1. The summed E-state index contributed by atoms with van der Waals surface area (Å²) in [7, 11) is 5.63. The first-order valence-corrected chi connectivity index (χ1v) is 11.4. The summed E-state index contributed by atoms with van der Waals surface area (Å²) in [5.41, 5.74) is 7.03. The van der Waals surface area contributed by atoms with Gasteiger partial charge in [0.05, 0.1) is 0 Å². The van der Waals surface area contributed by atoms with Gasteiger partial charge in [0, 0.05) is 24.8 Å². The fourth-order valence-corrected chi connectivity index (χ4v) is 3.50. The second-order valence-electron chi connectivity index (χ2n) is 7.38. The van der Waals surface area contributed by atoms with Crippen LogP contribution in [0.3, 0.4) is 0 Å². The third-order valence-corrected chi connectivity index (χ3v) is 5.35. The molecule has 190 valence electrons. The van der Waals surface area contributed by atoms with Crippen molar-refractivity contribution in [3.63, 3.8) is 0 Å². The molecule has 0 aromatic heterocycles. The fraction of sp³-hybridized carbons (Fsp3) is 0.393. The van der Waals surface area contributed by atoms with Crippen molar-refractivity contribution in [3.05, 3.63) is 80.4 Å². The summed E-state index contributed by atoms with van der Waals surface area (Å²) < 4.78 is 26.9. The number of hydrogen-bond acceptors (Lipinski definition) is 4. The summed E-state index contributed by atoms with van der Waals surface area (Å²) in [5, 5.41) is 3.25. The van der Waals surface area contributed by atoms with Crippen LogP contribution in [-0.4, -0.2) is 40.5 Å². The molecule has 0 heterocycles. The highest BCUT2D eigenvalue weighted by Gasteiger charge is 2.24. The second-order valence-corrected chi connectivity index (χ2v) is 7.38. The number of anilines is 1. The van der Waals surface area contributed by atoms with Gasteiger partial charge >= 0.3 is 0 Å². The zero-order valence-electron chi connectivity index (χ0n) is 21.2. The second kappa shape index (κ2) is 20.8. The lowest BCUT2D eigenvalue weighted by Crippen LogP contribution is -2.34. The van der Waals surface area contributed by atoms with E-state index in [2.05, 4.69) is 49.3 Å². The van der Waals surface area contributed by atoms with Crippen LogP contribution in [0, 0.1) is 17.6 Å². The van der Waals surface area contributed by atoms with Gasteiger partial charge in [0.25, 0.3) is 0 Å². The monoisotopic (exact) mass is 475 g/mol. The van der Waals surface area contributed by atoms with Crippen molar-refractivity contribution >= 4 is 12.5 Å². The maximum atomic E-state index is 13.4. The number of carbonyl (C=O) groups is 1. The average Bonchev–Trinajstić information content (AvgIpc) is 3.73. The van der Waals surface area contributed by atoms with Gasteiger partial charge in [0.1, 0.15) is 18.4 Å². The number of nitrogens with one attached hydrogen (secondary N) is 1.